The second kappa shape index (κ2) is 9.35. The molecule has 0 N–H and O–H groups in total. The fourth-order valence-electron chi connectivity index (χ4n) is 1.34. The molecule has 0 aliphatic heterocycles. The van der Waals surface area contributed by atoms with E-state index in [1.165, 1.54) is 6.08 Å². The highest BCUT2D eigenvalue weighted by Crippen LogP contribution is 2.15. The number of carbonyl (C=O) groups excluding carboxylic acids is 1. The lowest BCUT2D eigenvalue weighted by Gasteiger charge is -2.25. The summed E-state index contributed by atoms with van der Waals surface area (Å²) in [4.78, 5) is 11.0. The molecule has 17 heavy (non-hydrogen) atoms. The molecule has 0 radical (unpaired) electrons. The number of carbonyl (C=O) groups is 1. The minimum atomic E-state index is -2.54. The molecular formula is C11H22O5Si. The number of rotatable bonds is 9. The van der Waals surface area contributed by atoms with Gasteiger partial charge < -0.3 is 18.0 Å². The first-order chi connectivity index (χ1) is 8.14. The normalized spacial score (nSPS) is 12.0. The van der Waals surface area contributed by atoms with Crippen molar-refractivity contribution in [1.82, 2.24) is 0 Å². The Hall–Kier alpha value is -0.693. The van der Waals surface area contributed by atoms with Crippen molar-refractivity contribution in [1.29, 1.82) is 0 Å². The third-order valence-corrected chi connectivity index (χ3v) is 5.10. The monoisotopic (exact) mass is 262 g/mol. The molecule has 0 aromatic carbocycles. The number of hydrogen-bond acceptors (Lipinski definition) is 5. The molecule has 0 aromatic heterocycles. The minimum absolute atomic E-state index is 0.328. The lowest BCUT2D eigenvalue weighted by molar-refractivity contribution is -0.137. The standard InChI is InChI=1S/C11H22O5Si/c1-5-8-11(12)15-9-7-10-17(13-3,14-4)16-6-2/h5,8H,6-7,9-10H2,1-4H3. The Labute approximate surface area is 104 Å². The average Bonchev–Trinajstić information content (AvgIpc) is 2.33. The van der Waals surface area contributed by atoms with E-state index < -0.39 is 8.80 Å². The van der Waals surface area contributed by atoms with Crippen LogP contribution in [0.15, 0.2) is 12.2 Å². The van der Waals surface area contributed by atoms with Gasteiger partial charge in [0.2, 0.25) is 0 Å². The zero-order valence-electron chi connectivity index (χ0n) is 11.0. The quantitative estimate of drug-likeness (QED) is 0.274. The maximum Gasteiger partial charge on any atom is 0.500 e. The SMILES string of the molecule is CC=CC(=O)OCCC[Si](OC)(OC)OCC. The summed E-state index contributed by atoms with van der Waals surface area (Å²) in [5, 5.41) is 0. The molecule has 0 saturated carbocycles. The smallest absolute Gasteiger partial charge is 0.463 e. The fraction of sp³-hybridized carbons (Fsp3) is 0.727. The molecule has 6 heteroatoms. The van der Waals surface area contributed by atoms with Gasteiger partial charge in [0.1, 0.15) is 0 Å². The highest BCUT2D eigenvalue weighted by atomic mass is 28.4. The molecule has 0 aliphatic carbocycles. The van der Waals surface area contributed by atoms with E-state index in [0.717, 1.165) is 0 Å². The summed E-state index contributed by atoms with van der Waals surface area (Å²) >= 11 is 0. The van der Waals surface area contributed by atoms with Crippen molar-refractivity contribution in [2.75, 3.05) is 27.4 Å². The van der Waals surface area contributed by atoms with Gasteiger partial charge in [0.25, 0.3) is 0 Å². The van der Waals surface area contributed by atoms with E-state index in [4.69, 9.17) is 18.0 Å². The van der Waals surface area contributed by atoms with Crippen molar-refractivity contribution in [3.05, 3.63) is 12.2 Å². The molecule has 0 fully saturated rings. The number of allylic oxidation sites excluding steroid dienone is 1. The summed E-state index contributed by atoms with van der Waals surface area (Å²) in [7, 11) is 0.618. The molecule has 0 atom stereocenters. The summed E-state index contributed by atoms with van der Waals surface area (Å²) < 4.78 is 21.1. The van der Waals surface area contributed by atoms with E-state index in [9.17, 15) is 4.79 Å². The van der Waals surface area contributed by atoms with Gasteiger partial charge in [-0.2, -0.15) is 0 Å². The van der Waals surface area contributed by atoms with E-state index in [0.29, 0.717) is 25.7 Å². The largest absolute Gasteiger partial charge is 0.500 e. The van der Waals surface area contributed by atoms with Crippen LogP contribution in [0, 0.1) is 0 Å². The van der Waals surface area contributed by atoms with Crippen LogP contribution in [0.3, 0.4) is 0 Å². The third kappa shape index (κ3) is 6.57. The van der Waals surface area contributed by atoms with E-state index in [-0.39, 0.29) is 5.97 Å². The van der Waals surface area contributed by atoms with Crippen molar-refractivity contribution in [2.45, 2.75) is 26.3 Å². The molecule has 0 rings (SSSR count). The number of hydrogen-bond donors (Lipinski definition) is 0. The van der Waals surface area contributed by atoms with Crippen LogP contribution in [-0.2, 0) is 22.8 Å². The van der Waals surface area contributed by atoms with Crippen molar-refractivity contribution in [3.63, 3.8) is 0 Å². The van der Waals surface area contributed by atoms with Crippen LogP contribution in [0.5, 0.6) is 0 Å². The van der Waals surface area contributed by atoms with Crippen LogP contribution in [0.25, 0.3) is 0 Å². The van der Waals surface area contributed by atoms with Crippen LogP contribution < -0.4 is 0 Å². The van der Waals surface area contributed by atoms with E-state index in [2.05, 4.69) is 0 Å². The second-order valence-electron chi connectivity index (χ2n) is 3.30. The molecule has 0 aliphatic rings. The topological polar surface area (TPSA) is 54.0 Å². The van der Waals surface area contributed by atoms with E-state index in [1.807, 2.05) is 6.92 Å². The van der Waals surface area contributed by atoms with E-state index >= 15 is 0 Å². The zero-order chi connectivity index (χ0) is 13.1. The highest BCUT2D eigenvalue weighted by molar-refractivity contribution is 6.60. The molecule has 0 heterocycles. The van der Waals surface area contributed by atoms with Gasteiger partial charge in [-0.1, -0.05) is 6.08 Å². The molecule has 100 valence electrons. The summed E-state index contributed by atoms with van der Waals surface area (Å²) in [6, 6.07) is 0.636. The zero-order valence-corrected chi connectivity index (χ0v) is 12.0. The lowest BCUT2D eigenvalue weighted by atomic mass is 10.5. The third-order valence-electron chi connectivity index (χ3n) is 2.16. The Balaban J connectivity index is 3.94. The summed E-state index contributed by atoms with van der Waals surface area (Å²) in [6.07, 6.45) is 3.70. The maximum atomic E-state index is 11.0. The number of ether oxygens (including phenoxy) is 1. The Kier molecular flexibility index (Phi) is 8.97. The van der Waals surface area contributed by atoms with Crippen LogP contribution in [0.2, 0.25) is 6.04 Å². The van der Waals surface area contributed by atoms with Gasteiger partial charge >= 0.3 is 14.8 Å². The predicted octanol–water partition coefficient (Wildman–Crippen LogP) is 1.76. The summed E-state index contributed by atoms with van der Waals surface area (Å²) in [5.41, 5.74) is 0. The van der Waals surface area contributed by atoms with E-state index in [1.54, 1.807) is 27.2 Å². The lowest BCUT2D eigenvalue weighted by Crippen LogP contribution is -2.44. The van der Waals surface area contributed by atoms with Gasteiger partial charge in [-0.05, 0) is 20.3 Å². The van der Waals surface area contributed by atoms with Crippen molar-refractivity contribution >= 4 is 14.8 Å². The molecule has 0 amide bonds. The Morgan fingerprint density at radius 1 is 1.29 bits per heavy atom. The minimum Gasteiger partial charge on any atom is -0.463 e. The summed E-state index contributed by atoms with van der Waals surface area (Å²) in [6.45, 7) is 4.56. The van der Waals surface area contributed by atoms with Gasteiger partial charge in [0.05, 0.1) is 6.61 Å². The first kappa shape index (κ1) is 16.3. The maximum absolute atomic E-state index is 11.0. The molecular weight excluding hydrogens is 240 g/mol. The number of esters is 1. The second-order valence-corrected chi connectivity index (χ2v) is 6.27. The molecule has 0 spiro atoms. The van der Waals surface area contributed by atoms with Crippen molar-refractivity contribution < 1.29 is 22.8 Å². The Bertz CT molecular complexity index is 238. The van der Waals surface area contributed by atoms with Gasteiger partial charge in [0, 0.05) is 32.9 Å². The molecule has 0 unspecified atom stereocenters. The molecule has 5 nitrogen and oxygen atoms in total. The first-order valence-electron chi connectivity index (χ1n) is 5.67. The molecule has 0 bridgehead atoms. The fourth-order valence-corrected chi connectivity index (χ4v) is 3.32. The van der Waals surface area contributed by atoms with Crippen LogP contribution in [0.4, 0.5) is 0 Å². The average molecular weight is 262 g/mol. The van der Waals surface area contributed by atoms with Crippen LogP contribution >= 0.6 is 0 Å². The first-order valence-corrected chi connectivity index (χ1v) is 7.61. The summed E-state index contributed by atoms with van der Waals surface area (Å²) in [5.74, 6) is -0.328. The van der Waals surface area contributed by atoms with Gasteiger partial charge in [-0.15, -0.1) is 0 Å². The molecule has 0 aromatic rings. The predicted molar refractivity (Wildman–Crippen MR) is 66.6 cm³/mol. The highest BCUT2D eigenvalue weighted by Gasteiger charge is 2.37. The Morgan fingerprint density at radius 3 is 2.41 bits per heavy atom. The van der Waals surface area contributed by atoms with Gasteiger partial charge in [-0.25, -0.2) is 4.79 Å². The van der Waals surface area contributed by atoms with Crippen molar-refractivity contribution in [2.24, 2.45) is 0 Å². The van der Waals surface area contributed by atoms with Gasteiger partial charge in [-0.3, -0.25) is 0 Å². The molecule has 0 saturated heterocycles. The Morgan fingerprint density at radius 2 is 1.94 bits per heavy atom. The van der Waals surface area contributed by atoms with Crippen molar-refractivity contribution in [3.8, 4) is 0 Å². The van der Waals surface area contributed by atoms with Crippen LogP contribution in [-0.4, -0.2) is 42.2 Å². The van der Waals surface area contributed by atoms with Crippen LogP contribution in [0.1, 0.15) is 20.3 Å². The van der Waals surface area contributed by atoms with Gasteiger partial charge in [0.15, 0.2) is 0 Å².